The Bertz CT molecular complexity index is 424. The first kappa shape index (κ1) is 13.4. The molecule has 2 N–H and O–H groups in total. The normalized spacial score (nSPS) is 13.2. The number of rotatable bonds is 3. The molecule has 0 aliphatic rings. The van der Waals surface area contributed by atoms with Crippen molar-refractivity contribution in [1.82, 2.24) is 0 Å². The summed E-state index contributed by atoms with van der Waals surface area (Å²) in [6.07, 6.45) is 0. The van der Waals surface area contributed by atoms with E-state index in [0.717, 1.165) is 5.56 Å². The molecule has 1 rings (SSSR count). The van der Waals surface area contributed by atoms with Gasteiger partial charge in [0, 0.05) is 12.1 Å². The lowest BCUT2D eigenvalue weighted by molar-refractivity contribution is -0.385. The zero-order chi connectivity index (χ0) is 13.2. The fraction of sp³-hybridized carbons (Fsp3) is 0.500. The molecule has 0 spiro atoms. The number of nitro groups is 1. The highest BCUT2D eigenvalue weighted by Gasteiger charge is 2.25. The maximum atomic E-state index is 10.9. The van der Waals surface area contributed by atoms with Gasteiger partial charge in [0.2, 0.25) is 0 Å². The molecule has 17 heavy (non-hydrogen) atoms. The van der Waals surface area contributed by atoms with Gasteiger partial charge in [0.1, 0.15) is 0 Å². The van der Waals surface area contributed by atoms with Crippen LogP contribution in [0.2, 0.25) is 0 Å². The van der Waals surface area contributed by atoms with Gasteiger partial charge in [-0.05, 0) is 17.0 Å². The molecule has 0 fully saturated rings. The number of nitro benzene ring substituents is 1. The van der Waals surface area contributed by atoms with E-state index >= 15 is 0 Å². The van der Waals surface area contributed by atoms with Gasteiger partial charge in [-0.15, -0.1) is 0 Å². The Hall–Kier alpha value is -1.62. The Morgan fingerprint density at radius 2 is 2.00 bits per heavy atom. The van der Waals surface area contributed by atoms with Crippen LogP contribution in [0.25, 0.3) is 0 Å². The molecular formula is C12H18N2O3. The molecule has 0 unspecified atom stereocenters. The number of ether oxygens (including phenoxy) is 1. The van der Waals surface area contributed by atoms with Gasteiger partial charge in [-0.1, -0.05) is 26.8 Å². The van der Waals surface area contributed by atoms with E-state index in [1.165, 1.54) is 13.2 Å². The van der Waals surface area contributed by atoms with E-state index in [0.29, 0.717) is 0 Å². The van der Waals surface area contributed by atoms with Crippen LogP contribution in [0.1, 0.15) is 32.4 Å². The monoisotopic (exact) mass is 238 g/mol. The molecule has 1 aromatic rings. The average molecular weight is 238 g/mol. The van der Waals surface area contributed by atoms with E-state index < -0.39 is 4.92 Å². The van der Waals surface area contributed by atoms with Gasteiger partial charge in [-0.3, -0.25) is 10.1 Å². The summed E-state index contributed by atoms with van der Waals surface area (Å²) in [4.78, 5) is 10.4. The molecule has 94 valence electrons. The molecule has 0 amide bonds. The Balaban J connectivity index is 3.21. The van der Waals surface area contributed by atoms with Gasteiger partial charge >= 0.3 is 5.69 Å². The summed E-state index contributed by atoms with van der Waals surface area (Å²) in [7, 11) is 1.41. The molecular weight excluding hydrogens is 220 g/mol. The Morgan fingerprint density at radius 3 is 2.41 bits per heavy atom. The number of nitrogens with zero attached hydrogens (tertiary/aromatic N) is 1. The lowest BCUT2D eigenvalue weighted by Crippen LogP contribution is -2.26. The fourth-order valence-corrected chi connectivity index (χ4v) is 1.54. The quantitative estimate of drug-likeness (QED) is 0.648. The third-order valence-corrected chi connectivity index (χ3v) is 2.69. The van der Waals surface area contributed by atoms with Crippen molar-refractivity contribution >= 4 is 5.69 Å². The SMILES string of the molecule is COc1ccc([C@H](N)C(C)(C)C)cc1[N+](=O)[O-]. The standard InChI is InChI=1S/C12H18N2O3/c1-12(2,3)11(13)8-5-6-10(17-4)9(7-8)14(15)16/h5-7,11H,13H2,1-4H3/t11-/m0/s1. The first-order chi connectivity index (χ1) is 7.77. The predicted octanol–water partition coefficient (Wildman–Crippen LogP) is 2.65. The molecule has 0 radical (unpaired) electrons. The van der Waals surface area contributed by atoms with Gasteiger partial charge in [0.25, 0.3) is 0 Å². The van der Waals surface area contributed by atoms with Gasteiger partial charge in [-0.25, -0.2) is 0 Å². The summed E-state index contributed by atoms with van der Waals surface area (Å²) in [5.41, 5.74) is 6.61. The van der Waals surface area contributed by atoms with Crippen LogP contribution in [0.15, 0.2) is 18.2 Å². The van der Waals surface area contributed by atoms with E-state index in [9.17, 15) is 10.1 Å². The molecule has 0 aliphatic carbocycles. The van der Waals surface area contributed by atoms with Gasteiger partial charge in [0.05, 0.1) is 12.0 Å². The van der Waals surface area contributed by atoms with Crippen LogP contribution in [0, 0.1) is 15.5 Å². The first-order valence-corrected chi connectivity index (χ1v) is 5.35. The van der Waals surface area contributed by atoms with Gasteiger partial charge in [0.15, 0.2) is 5.75 Å². The Labute approximate surface area is 101 Å². The molecule has 1 atom stereocenters. The summed E-state index contributed by atoms with van der Waals surface area (Å²) in [5, 5.41) is 10.9. The number of nitrogens with two attached hydrogens (primary N) is 1. The fourth-order valence-electron chi connectivity index (χ4n) is 1.54. The van der Waals surface area contributed by atoms with Crippen LogP contribution in [0.3, 0.4) is 0 Å². The van der Waals surface area contributed by atoms with Crippen molar-refractivity contribution in [3.8, 4) is 5.75 Å². The van der Waals surface area contributed by atoms with Crippen LogP contribution in [0.4, 0.5) is 5.69 Å². The van der Waals surface area contributed by atoms with E-state index in [1.54, 1.807) is 12.1 Å². The molecule has 0 aromatic heterocycles. The second-order valence-electron chi connectivity index (χ2n) is 5.03. The van der Waals surface area contributed by atoms with Crippen LogP contribution in [0.5, 0.6) is 5.75 Å². The highest BCUT2D eigenvalue weighted by molar-refractivity contribution is 5.49. The van der Waals surface area contributed by atoms with Crippen molar-refractivity contribution < 1.29 is 9.66 Å². The van der Waals surface area contributed by atoms with Crippen LogP contribution in [-0.4, -0.2) is 12.0 Å². The third kappa shape index (κ3) is 2.94. The maximum Gasteiger partial charge on any atom is 0.311 e. The molecule has 5 heteroatoms. The molecule has 1 aromatic carbocycles. The summed E-state index contributed by atoms with van der Waals surface area (Å²) < 4.78 is 4.94. The second-order valence-corrected chi connectivity index (χ2v) is 5.03. The zero-order valence-electron chi connectivity index (χ0n) is 10.6. The van der Waals surface area contributed by atoms with Crippen LogP contribution >= 0.6 is 0 Å². The molecule has 0 saturated carbocycles. The maximum absolute atomic E-state index is 10.9. The van der Waals surface area contributed by atoms with E-state index in [1.807, 2.05) is 20.8 Å². The topological polar surface area (TPSA) is 78.4 Å². The second kappa shape index (κ2) is 4.71. The zero-order valence-corrected chi connectivity index (χ0v) is 10.6. The lowest BCUT2D eigenvalue weighted by Gasteiger charge is -2.27. The van der Waals surface area contributed by atoms with Crippen molar-refractivity contribution in [2.24, 2.45) is 11.1 Å². The predicted molar refractivity (Wildman–Crippen MR) is 66.0 cm³/mol. The average Bonchev–Trinajstić information content (AvgIpc) is 2.25. The van der Waals surface area contributed by atoms with Crippen molar-refractivity contribution in [2.45, 2.75) is 26.8 Å². The molecule has 0 aliphatic heterocycles. The smallest absolute Gasteiger partial charge is 0.311 e. The van der Waals surface area contributed by atoms with Crippen molar-refractivity contribution in [1.29, 1.82) is 0 Å². The Morgan fingerprint density at radius 1 is 1.41 bits per heavy atom. The lowest BCUT2D eigenvalue weighted by atomic mass is 9.83. The molecule has 0 bridgehead atoms. The van der Waals surface area contributed by atoms with Crippen molar-refractivity contribution in [3.05, 3.63) is 33.9 Å². The van der Waals surface area contributed by atoms with Crippen molar-refractivity contribution in [2.75, 3.05) is 7.11 Å². The summed E-state index contributed by atoms with van der Waals surface area (Å²) >= 11 is 0. The minimum atomic E-state index is -0.461. The highest BCUT2D eigenvalue weighted by Crippen LogP contribution is 2.35. The van der Waals surface area contributed by atoms with Crippen molar-refractivity contribution in [3.63, 3.8) is 0 Å². The summed E-state index contributed by atoms with van der Waals surface area (Å²) in [6.45, 7) is 5.98. The number of methoxy groups -OCH3 is 1. The molecule has 0 heterocycles. The summed E-state index contributed by atoms with van der Waals surface area (Å²) in [5.74, 6) is 0.250. The summed E-state index contributed by atoms with van der Waals surface area (Å²) in [6, 6.07) is 4.57. The minimum absolute atomic E-state index is 0.0512. The minimum Gasteiger partial charge on any atom is -0.490 e. The van der Waals surface area contributed by atoms with Crippen LogP contribution in [-0.2, 0) is 0 Å². The largest absolute Gasteiger partial charge is 0.490 e. The number of hydrogen-bond donors (Lipinski definition) is 1. The van der Waals surface area contributed by atoms with E-state index in [2.05, 4.69) is 0 Å². The first-order valence-electron chi connectivity index (χ1n) is 5.35. The third-order valence-electron chi connectivity index (χ3n) is 2.69. The highest BCUT2D eigenvalue weighted by atomic mass is 16.6. The van der Waals surface area contributed by atoms with Gasteiger partial charge in [-0.2, -0.15) is 0 Å². The van der Waals surface area contributed by atoms with E-state index in [4.69, 9.17) is 10.5 Å². The van der Waals surface area contributed by atoms with Crippen LogP contribution < -0.4 is 10.5 Å². The Kier molecular flexibility index (Phi) is 3.72. The van der Waals surface area contributed by atoms with Gasteiger partial charge < -0.3 is 10.5 Å². The molecule has 0 saturated heterocycles. The van der Waals surface area contributed by atoms with E-state index in [-0.39, 0.29) is 22.9 Å². The number of hydrogen-bond acceptors (Lipinski definition) is 4. The molecule has 5 nitrogen and oxygen atoms in total. The number of benzene rings is 1.